The zero-order valence-corrected chi connectivity index (χ0v) is 11.4. The van der Waals surface area contributed by atoms with E-state index in [1.54, 1.807) is 30.0 Å². The lowest BCUT2D eigenvalue weighted by molar-refractivity contribution is 1.28. The van der Waals surface area contributed by atoms with E-state index in [1.807, 2.05) is 12.1 Å². The fourth-order valence-electron chi connectivity index (χ4n) is 1.79. The first kappa shape index (κ1) is 13.2. The summed E-state index contributed by atoms with van der Waals surface area (Å²) in [4.78, 5) is 0.774. The second-order valence-electron chi connectivity index (χ2n) is 4.12. The molecule has 0 amide bonds. The molecule has 3 heteroatoms. The zero-order chi connectivity index (χ0) is 13.7. The Morgan fingerprint density at radius 1 is 0.947 bits per heavy atom. The molecule has 2 aromatic carbocycles. The Bertz CT molecular complexity index is 646. The number of nitriles is 2. The van der Waals surface area contributed by atoms with E-state index in [4.69, 9.17) is 10.5 Å². The van der Waals surface area contributed by atoms with E-state index in [-0.39, 0.29) is 0 Å². The smallest absolute Gasteiger partial charge is 0.100 e. The summed E-state index contributed by atoms with van der Waals surface area (Å²) in [6.45, 7) is 2.07. The van der Waals surface area contributed by atoms with Gasteiger partial charge in [0.25, 0.3) is 0 Å². The van der Waals surface area contributed by atoms with E-state index in [9.17, 15) is 0 Å². The molecule has 2 aromatic rings. The zero-order valence-electron chi connectivity index (χ0n) is 10.6. The highest BCUT2D eigenvalue weighted by Gasteiger charge is 2.09. The van der Waals surface area contributed by atoms with Crippen molar-refractivity contribution in [3.63, 3.8) is 0 Å². The molecule has 0 fully saturated rings. The van der Waals surface area contributed by atoms with Gasteiger partial charge in [-0.2, -0.15) is 10.5 Å². The third-order valence-electron chi connectivity index (χ3n) is 2.89. The molecular formula is C16H12N2S. The van der Waals surface area contributed by atoms with Crippen molar-refractivity contribution < 1.29 is 0 Å². The van der Waals surface area contributed by atoms with E-state index >= 15 is 0 Å². The molecule has 2 nitrogen and oxygen atoms in total. The summed E-state index contributed by atoms with van der Waals surface area (Å²) in [5, 5.41) is 18.2. The van der Waals surface area contributed by atoms with Gasteiger partial charge < -0.3 is 0 Å². The van der Waals surface area contributed by atoms with E-state index < -0.39 is 0 Å². The lowest BCUT2D eigenvalue weighted by Gasteiger charge is -2.08. The SMILES string of the molecule is Cc1ccccc1CSc1c(C#N)cccc1C#N. The topological polar surface area (TPSA) is 47.6 Å². The minimum absolute atomic E-state index is 0.567. The summed E-state index contributed by atoms with van der Waals surface area (Å²) in [5.74, 6) is 0.764. The molecule has 0 aliphatic rings. The monoisotopic (exact) mass is 264 g/mol. The Labute approximate surface area is 117 Å². The van der Waals surface area contributed by atoms with E-state index in [1.165, 1.54) is 11.1 Å². The molecule has 0 atom stereocenters. The molecule has 0 unspecified atom stereocenters. The second-order valence-corrected chi connectivity index (χ2v) is 5.11. The van der Waals surface area contributed by atoms with Gasteiger partial charge in [0.15, 0.2) is 0 Å². The molecule has 0 radical (unpaired) electrons. The van der Waals surface area contributed by atoms with Crippen molar-refractivity contribution in [3.8, 4) is 12.1 Å². The molecule has 0 saturated heterocycles. The van der Waals surface area contributed by atoms with Crippen LogP contribution >= 0.6 is 11.8 Å². The van der Waals surface area contributed by atoms with Crippen LogP contribution < -0.4 is 0 Å². The number of hydrogen-bond acceptors (Lipinski definition) is 3. The van der Waals surface area contributed by atoms with Crippen LogP contribution in [0.1, 0.15) is 22.3 Å². The van der Waals surface area contributed by atoms with Gasteiger partial charge in [-0.15, -0.1) is 11.8 Å². The molecule has 0 aromatic heterocycles. The van der Waals surface area contributed by atoms with Gasteiger partial charge in [0, 0.05) is 10.6 Å². The molecule has 0 aliphatic carbocycles. The van der Waals surface area contributed by atoms with Gasteiger partial charge in [-0.1, -0.05) is 30.3 Å². The quantitative estimate of drug-likeness (QED) is 0.786. The Hall–Kier alpha value is -2.23. The Kier molecular flexibility index (Phi) is 4.23. The standard InChI is InChI=1S/C16H12N2S/c1-12-5-2-3-6-15(12)11-19-16-13(9-17)7-4-8-14(16)10-18/h2-8H,11H2,1H3. The molecule has 0 spiro atoms. The predicted molar refractivity (Wildman–Crippen MR) is 76.6 cm³/mol. The number of aryl methyl sites for hydroxylation is 1. The Balaban J connectivity index is 2.28. The first-order chi connectivity index (χ1) is 9.26. The average Bonchev–Trinajstić information content (AvgIpc) is 2.46. The maximum absolute atomic E-state index is 9.12. The van der Waals surface area contributed by atoms with Crippen LogP contribution in [0.3, 0.4) is 0 Å². The highest BCUT2D eigenvalue weighted by Crippen LogP contribution is 2.30. The van der Waals surface area contributed by atoms with Crippen molar-refractivity contribution in [2.75, 3.05) is 0 Å². The molecule has 2 rings (SSSR count). The van der Waals surface area contributed by atoms with Crippen LogP contribution in [0.2, 0.25) is 0 Å². The second kappa shape index (κ2) is 6.09. The third kappa shape index (κ3) is 2.96. The first-order valence-electron chi connectivity index (χ1n) is 5.86. The summed E-state index contributed by atoms with van der Waals surface area (Å²) in [6, 6.07) is 17.7. The van der Waals surface area contributed by atoms with Gasteiger partial charge in [0.05, 0.1) is 11.1 Å². The largest absolute Gasteiger partial charge is 0.192 e. The van der Waals surface area contributed by atoms with Crippen molar-refractivity contribution in [1.29, 1.82) is 10.5 Å². The number of thioether (sulfide) groups is 1. The van der Waals surface area contributed by atoms with Crippen LogP contribution in [0.25, 0.3) is 0 Å². The van der Waals surface area contributed by atoms with E-state index in [0.717, 1.165) is 10.6 Å². The van der Waals surface area contributed by atoms with Gasteiger partial charge in [-0.3, -0.25) is 0 Å². The molecule has 0 aliphatic heterocycles. The van der Waals surface area contributed by atoms with Gasteiger partial charge in [-0.25, -0.2) is 0 Å². The van der Waals surface area contributed by atoms with Crippen LogP contribution in [0.5, 0.6) is 0 Å². The fourth-order valence-corrected chi connectivity index (χ4v) is 2.95. The molecule has 0 saturated carbocycles. The Morgan fingerprint density at radius 3 is 2.16 bits per heavy atom. The van der Waals surface area contributed by atoms with Crippen molar-refractivity contribution in [2.45, 2.75) is 17.6 Å². The molecule has 0 N–H and O–H groups in total. The normalized spacial score (nSPS) is 9.63. The highest BCUT2D eigenvalue weighted by molar-refractivity contribution is 7.98. The third-order valence-corrected chi connectivity index (χ3v) is 4.07. The lowest BCUT2D eigenvalue weighted by atomic mass is 10.1. The maximum Gasteiger partial charge on any atom is 0.100 e. The summed E-state index contributed by atoms with van der Waals surface area (Å²) >= 11 is 1.55. The fraction of sp³-hybridized carbons (Fsp3) is 0.125. The molecule has 0 heterocycles. The molecule has 19 heavy (non-hydrogen) atoms. The van der Waals surface area contributed by atoms with Crippen LogP contribution in [-0.2, 0) is 5.75 Å². The number of nitrogens with zero attached hydrogens (tertiary/aromatic N) is 2. The van der Waals surface area contributed by atoms with Crippen LogP contribution in [-0.4, -0.2) is 0 Å². The van der Waals surface area contributed by atoms with Crippen molar-refractivity contribution in [3.05, 3.63) is 64.7 Å². The van der Waals surface area contributed by atoms with Crippen molar-refractivity contribution in [1.82, 2.24) is 0 Å². The molecule has 92 valence electrons. The maximum atomic E-state index is 9.12. The molecular weight excluding hydrogens is 252 g/mol. The summed E-state index contributed by atoms with van der Waals surface area (Å²) in [5.41, 5.74) is 3.59. The predicted octanol–water partition coefficient (Wildman–Crippen LogP) is 4.03. The van der Waals surface area contributed by atoms with Crippen LogP contribution in [0.4, 0.5) is 0 Å². The van der Waals surface area contributed by atoms with Gasteiger partial charge in [0.1, 0.15) is 12.1 Å². The van der Waals surface area contributed by atoms with Gasteiger partial charge >= 0.3 is 0 Å². The summed E-state index contributed by atoms with van der Waals surface area (Å²) < 4.78 is 0. The molecule has 0 bridgehead atoms. The van der Waals surface area contributed by atoms with Gasteiger partial charge in [-0.05, 0) is 30.2 Å². The number of rotatable bonds is 3. The average molecular weight is 264 g/mol. The van der Waals surface area contributed by atoms with E-state index in [0.29, 0.717) is 11.1 Å². The van der Waals surface area contributed by atoms with Crippen LogP contribution in [0, 0.1) is 29.6 Å². The highest BCUT2D eigenvalue weighted by atomic mass is 32.2. The minimum atomic E-state index is 0.567. The summed E-state index contributed by atoms with van der Waals surface area (Å²) in [7, 11) is 0. The minimum Gasteiger partial charge on any atom is -0.192 e. The first-order valence-corrected chi connectivity index (χ1v) is 6.85. The Morgan fingerprint density at radius 2 is 1.58 bits per heavy atom. The number of hydrogen-bond donors (Lipinski definition) is 0. The lowest BCUT2D eigenvalue weighted by Crippen LogP contribution is -1.90. The van der Waals surface area contributed by atoms with Crippen LogP contribution in [0.15, 0.2) is 47.4 Å². The van der Waals surface area contributed by atoms with E-state index in [2.05, 4.69) is 31.2 Å². The van der Waals surface area contributed by atoms with Gasteiger partial charge in [0.2, 0.25) is 0 Å². The van der Waals surface area contributed by atoms with Crippen molar-refractivity contribution in [2.24, 2.45) is 0 Å². The number of benzene rings is 2. The summed E-state index contributed by atoms with van der Waals surface area (Å²) in [6.07, 6.45) is 0. The van der Waals surface area contributed by atoms with Crippen molar-refractivity contribution >= 4 is 11.8 Å².